The number of esters is 1. The monoisotopic (exact) mass is 509 g/mol. The van der Waals surface area contributed by atoms with Crippen LogP contribution in [0.5, 0.6) is 0 Å². The van der Waals surface area contributed by atoms with Gasteiger partial charge >= 0.3 is 5.97 Å². The topological polar surface area (TPSA) is 129 Å². The molecule has 2 aliphatic rings. The zero-order valence-corrected chi connectivity index (χ0v) is 22.1. The molecule has 8 nitrogen and oxygen atoms in total. The van der Waals surface area contributed by atoms with Crippen molar-refractivity contribution in [2.45, 2.75) is 97.2 Å². The molecule has 0 unspecified atom stereocenters. The molecule has 0 aromatic carbocycles. The zero-order chi connectivity index (χ0) is 25.9. The van der Waals surface area contributed by atoms with E-state index >= 15 is 0 Å². The van der Waals surface area contributed by atoms with Gasteiger partial charge in [0.15, 0.2) is 0 Å². The summed E-state index contributed by atoms with van der Waals surface area (Å²) in [4.78, 5) is 30.5. The lowest BCUT2D eigenvalue weighted by atomic mass is 9.73. The van der Waals surface area contributed by atoms with Crippen LogP contribution in [0.1, 0.15) is 70.5 Å². The third kappa shape index (κ3) is 6.98. The van der Waals surface area contributed by atoms with Crippen molar-refractivity contribution in [3.63, 3.8) is 0 Å². The SMILES string of the molecule is Cc1nc(C=C(CO)[C@@H]2C[C@@H]3O[C@@H]3CCC[C@H](C)[C@H](O)[C@@H](C)C(=O)C(C)(C)[C@@H](O)CC(=O)O2)cs1. The number of hydrogen-bond donors (Lipinski definition) is 3. The minimum absolute atomic E-state index is 0.0264. The van der Waals surface area contributed by atoms with Crippen molar-refractivity contribution in [2.75, 3.05) is 6.61 Å². The molecular weight excluding hydrogens is 470 g/mol. The van der Waals surface area contributed by atoms with Crippen LogP contribution in [-0.4, -0.2) is 69.2 Å². The molecule has 0 spiro atoms. The fourth-order valence-electron chi connectivity index (χ4n) is 4.83. The number of thiazole rings is 1. The largest absolute Gasteiger partial charge is 0.458 e. The van der Waals surface area contributed by atoms with Crippen LogP contribution in [0, 0.1) is 24.2 Å². The first-order valence-electron chi connectivity index (χ1n) is 12.4. The number of rotatable bonds is 3. The summed E-state index contributed by atoms with van der Waals surface area (Å²) in [6, 6.07) is 0. The summed E-state index contributed by atoms with van der Waals surface area (Å²) >= 11 is 1.49. The predicted octanol–water partition coefficient (Wildman–Crippen LogP) is 3.06. The Balaban J connectivity index is 1.85. The van der Waals surface area contributed by atoms with E-state index in [1.807, 2.05) is 19.2 Å². The number of carbonyl (C=O) groups excluding carboxylic acids is 2. The Kier molecular flexibility index (Phi) is 9.26. The van der Waals surface area contributed by atoms with Gasteiger partial charge in [-0.05, 0) is 37.3 Å². The highest BCUT2D eigenvalue weighted by Crippen LogP contribution is 2.36. The number of aliphatic hydroxyl groups excluding tert-OH is 3. The summed E-state index contributed by atoms with van der Waals surface area (Å²) in [5.74, 6) is -1.72. The van der Waals surface area contributed by atoms with Crippen LogP contribution in [-0.2, 0) is 19.1 Å². The molecule has 3 rings (SSSR count). The van der Waals surface area contributed by atoms with Crippen molar-refractivity contribution in [3.05, 3.63) is 21.7 Å². The number of nitrogens with zero attached hydrogens (tertiary/aromatic N) is 1. The molecule has 3 heterocycles. The second-order valence-electron chi connectivity index (χ2n) is 10.6. The van der Waals surface area contributed by atoms with Gasteiger partial charge in [0, 0.05) is 17.7 Å². The van der Waals surface area contributed by atoms with Gasteiger partial charge in [-0.15, -0.1) is 11.3 Å². The number of ketones is 1. The van der Waals surface area contributed by atoms with Gasteiger partial charge in [0.05, 0.1) is 53.6 Å². The van der Waals surface area contributed by atoms with E-state index in [9.17, 15) is 24.9 Å². The molecule has 2 fully saturated rings. The summed E-state index contributed by atoms with van der Waals surface area (Å²) < 4.78 is 11.6. The Hall–Kier alpha value is -1.65. The minimum atomic E-state index is -1.28. The molecule has 0 amide bonds. The Morgan fingerprint density at radius 2 is 1.94 bits per heavy atom. The lowest BCUT2D eigenvalue weighted by Crippen LogP contribution is -2.45. The predicted molar refractivity (Wildman–Crippen MR) is 133 cm³/mol. The van der Waals surface area contributed by atoms with Gasteiger partial charge in [0.1, 0.15) is 11.9 Å². The highest BCUT2D eigenvalue weighted by atomic mass is 32.1. The summed E-state index contributed by atoms with van der Waals surface area (Å²) in [6.07, 6.45) is 1.20. The van der Waals surface area contributed by atoms with Crippen molar-refractivity contribution in [3.8, 4) is 0 Å². The van der Waals surface area contributed by atoms with E-state index in [0.717, 1.165) is 24.3 Å². The normalized spacial score (nSPS) is 35.3. The smallest absolute Gasteiger partial charge is 0.309 e. The average Bonchev–Trinajstić information content (AvgIpc) is 3.41. The van der Waals surface area contributed by atoms with E-state index in [1.165, 1.54) is 11.3 Å². The average molecular weight is 510 g/mol. The van der Waals surface area contributed by atoms with Crippen LogP contribution in [0.3, 0.4) is 0 Å². The molecular formula is C26H39NO7S. The van der Waals surface area contributed by atoms with Gasteiger partial charge < -0.3 is 24.8 Å². The fourth-order valence-corrected chi connectivity index (χ4v) is 5.40. The molecule has 1 aromatic rings. The summed E-state index contributed by atoms with van der Waals surface area (Å²) in [5, 5.41) is 34.4. The van der Waals surface area contributed by atoms with Crippen LogP contribution in [0.2, 0.25) is 0 Å². The van der Waals surface area contributed by atoms with Crippen molar-refractivity contribution >= 4 is 29.2 Å². The van der Waals surface area contributed by atoms with E-state index in [2.05, 4.69) is 4.98 Å². The van der Waals surface area contributed by atoms with E-state index in [4.69, 9.17) is 9.47 Å². The molecule has 2 aliphatic heterocycles. The highest BCUT2D eigenvalue weighted by molar-refractivity contribution is 7.09. The van der Waals surface area contributed by atoms with Crippen LogP contribution < -0.4 is 0 Å². The molecule has 9 heteroatoms. The molecule has 2 saturated heterocycles. The molecule has 0 saturated carbocycles. The standard InChI is InChI=1S/C26H39NO7S/c1-14-7-6-8-19-21(33-19)10-20(17(12-28)9-18-13-35-16(3)27-18)34-23(30)11-22(29)26(4,5)25(32)15(2)24(14)31/h9,13-15,19-22,24,28-29,31H,6-8,10-12H2,1-5H3/t14-,15+,19+,20-,21-,22-,24-/m0/s1. The van der Waals surface area contributed by atoms with Crippen molar-refractivity contribution in [1.82, 2.24) is 4.98 Å². The molecule has 0 radical (unpaired) electrons. The molecule has 1 aromatic heterocycles. The number of aryl methyl sites for hydroxylation is 1. The van der Waals surface area contributed by atoms with Crippen LogP contribution in [0.4, 0.5) is 0 Å². The number of aliphatic hydroxyl groups is 3. The van der Waals surface area contributed by atoms with Gasteiger partial charge in [-0.25, -0.2) is 4.98 Å². The molecule has 35 heavy (non-hydrogen) atoms. The van der Waals surface area contributed by atoms with Gasteiger partial charge in [-0.1, -0.05) is 34.1 Å². The third-order valence-corrected chi connectivity index (χ3v) is 8.25. The van der Waals surface area contributed by atoms with Crippen LogP contribution in [0.15, 0.2) is 11.0 Å². The highest BCUT2D eigenvalue weighted by Gasteiger charge is 2.44. The maximum absolute atomic E-state index is 13.2. The maximum atomic E-state index is 13.2. The van der Waals surface area contributed by atoms with E-state index in [0.29, 0.717) is 17.7 Å². The van der Waals surface area contributed by atoms with Gasteiger partial charge in [0.25, 0.3) is 0 Å². The summed E-state index contributed by atoms with van der Waals surface area (Å²) in [5.41, 5.74) is -0.0556. The van der Waals surface area contributed by atoms with Crippen molar-refractivity contribution in [2.24, 2.45) is 17.3 Å². The van der Waals surface area contributed by atoms with Gasteiger partial charge in [0.2, 0.25) is 0 Å². The number of fused-ring (bicyclic) bond motifs is 1. The Bertz CT molecular complexity index is 927. The number of epoxide rings is 1. The van der Waals surface area contributed by atoms with Crippen LogP contribution in [0.25, 0.3) is 6.08 Å². The molecule has 7 atom stereocenters. The maximum Gasteiger partial charge on any atom is 0.309 e. The number of Topliss-reactive ketones (excluding diaryl/α,β-unsaturated/α-hetero) is 1. The summed E-state index contributed by atoms with van der Waals surface area (Å²) in [6.45, 7) is 8.36. The Labute approximate surface area is 211 Å². The first kappa shape index (κ1) is 27.9. The number of hydrogen-bond acceptors (Lipinski definition) is 9. The van der Waals surface area contributed by atoms with Crippen molar-refractivity contribution in [1.29, 1.82) is 0 Å². The van der Waals surface area contributed by atoms with Gasteiger partial charge in [-0.2, -0.15) is 0 Å². The lowest BCUT2D eigenvalue weighted by molar-refractivity contribution is -0.154. The van der Waals surface area contributed by atoms with Crippen LogP contribution >= 0.6 is 11.3 Å². The second-order valence-corrected chi connectivity index (χ2v) is 11.7. The molecule has 0 bridgehead atoms. The fraction of sp³-hybridized carbons (Fsp3) is 0.731. The third-order valence-electron chi connectivity index (χ3n) is 7.46. The summed E-state index contributed by atoms with van der Waals surface area (Å²) in [7, 11) is 0. The number of carbonyl (C=O) groups is 2. The number of ether oxygens (including phenoxy) is 2. The van der Waals surface area contributed by atoms with E-state index in [-0.39, 0.29) is 36.9 Å². The molecule has 3 N–H and O–H groups in total. The minimum Gasteiger partial charge on any atom is -0.458 e. The Morgan fingerprint density at radius 3 is 2.57 bits per heavy atom. The first-order chi connectivity index (χ1) is 16.4. The first-order valence-corrected chi connectivity index (χ1v) is 13.3. The van der Waals surface area contributed by atoms with E-state index in [1.54, 1.807) is 26.8 Å². The molecule has 0 aliphatic carbocycles. The lowest BCUT2D eigenvalue weighted by Gasteiger charge is -2.34. The van der Waals surface area contributed by atoms with Gasteiger partial charge in [-0.3, -0.25) is 9.59 Å². The number of aromatic nitrogens is 1. The van der Waals surface area contributed by atoms with Crippen molar-refractivity contribution < 1.29 is 34.4 Å². The zero-order valence-electron chi connectivity index (χ0n) is 21.3. The quantitative estimate of drug-likeness (QED) is 0.419. The van der Waals surface area contributed by atoms with E-state index < -0.39 is 35.6 Å². The molecule has 196 valence electrons. The second kappa shape index (κ2) is 11.6. The number of cyclic esters (lactones) is 1. The Morgan fingerprint density at radius 1 is 1.23 bits per heavy atom.